The molecule has 0 aliphatic carbocycles. The Kier molecular flexibility index (Phi) is 4.00. The van der Waals surface area contributed by atoms with Gasteiger partial charge in [-0.25, -0.2) is 4.98 Å². The highest BCUT2D eigenvalue weighted by Crippen LogP contribution is 2.31. The lowest BCUT2D eigenvalue weighted by Crippen LogP contribution is -2.36. The van der Waals surface area contributed by atoms with Crippen molar-refractivity contribution in [2.45, 2.75) is 39.2 Å². The van der Waals surface area contributed by atoms with Crippen molar-refractivity contribution in [3.63, 3.8) is 0 Å². The third-order valence-corrected chi connectivity index (χ3v) is 3.41. The van der Waals surface area contributed by atoms with Gasteiger partial charge >= 0.3 is 0 Å². The summed E-state index contributed by atoms with van der Waals surface area (Å²) in [5.41, 5.74) is 6.97. The van der Waals surface area contributed by atoms with Crippen molar-refractivity contribution in [3.05, 3.63) is 23.9 Å². The van der Waals surface area contributed by atoms with Crippen molar-refractivity contribution in [3.8, 4) is 0 Å². The second-order valence-electron chi connectivity index (χ2n) is 5.42. The molecule has 0 unspecified atom stereocenters. The molecule has 0 saturated carbocycles. The summed E-state index contributed by atoms with van der Waals surface area (Å²) in [5, 5.41) is 0. The number of piperidine rings is 1. The smallest absolute Gasteiger partial charge is 0.123 e. The number of hydrogen-bond donors (Lipinski definition) is 1. The number of likely N-dealkylation sites (tertiary alicyclic amines) is 1. The number of pyridine rings is 1. The van der Waals surface area contributed by atoms with E-state index in [4.69, 9.17) is 5.73 Å². The average molecular weight is 233 g/mol. The number of anilines is 1. The van der Waals surface area contributed by atoms with E-state index in [1.54, 1.807) is 0 Å². The SMILES string of the molecule is CC(C)CN1CCCC[C@H]1c1ccc(N)nc1. The van der Waals surface area contributed by atoms with E-state index in [1.807, 2.05) is 12.3 Å². The van der Waals surface area contributed by atoms with Gasteiger partial charge in [0.1, 0.15) is 5.82 Å². The molecule has 0 amide bonds. The maximum absolute atomic E-state index is 5.65. The number of nitrogen functional groups attached to an aromatic ring is 1. The van der Waals surface area contributed by atoms with Crippen molar-refractivity contribution < 1.29 is 0 Å². The average Bonchev–Trinajstić information content (AvgIpc) is 2.30. The van der Waals surface area contributed by atoms with Gasteiger partial charge in [-0.3, -0.25) is 4.90 Å². The highest BCUT2D eigenvalue weighted by atomic mass is 15.2. The van der Waals surface area contributed by atoms with Crippen molar-refractivity contribution in [2.75, 3.05) is 18.8 Å². The molecule has 0 bridgehead atoms. The zero-order valence-electron chi connectivity index (χ0n) is 10.9. The molecule has 17 heavy (non-hydrogen) atoms. The van der Waals surface area contributed by atoms with Gasteiger partial charge in [0.2, 0.25) is 0 Å². The van der Waals surface area contributed by atoms with E-state index in [-0.39, 0.29) is 0 Å². The third kappa shape index (κ3) is 3.19. The van der Waals surface area contributed by atoms with Crippen LogP contribution in [0, 0.1) is 5.92 Å². The first-order valence-corrected chi connectivity index (χ1v) is 6.62. The van der Waals surface area contributed by atoms with Crippen LogP contribution in [-0.4, -0.2) is 23.0 Å². The van der Waals surface area contributed by atoms with Crippen LogP contribution in [0.1, 0.15) is 44.7 Å². The molecule has 1 aromatic heterocycles. The zero-order valence-corrected chi connectivity index (χ0v) is 10.9. The predicted molar refractivity (Wildman–Crippen MR) is 71.7 cm³/mol. The monoisotopic (exact) mass is 233 g/mol. The van der Waals surface area contributed by atoms with Crippen LogP contribution in [0.4, 0.5) is 5.82 Å². The molecule has 2 N–H and O–H groups in total. The van der Waals surface area contributed by atoms with Crippen LogP contribution in [0.25, 0.3) is 0 Å². The second-order valence-corrected chi connectivity index (χ2v) is 5.42. The first kappa shape index (κ1) is 12.4. The fraction of sp³-hybridized carbons (Fsp3) is 0.643. The van der Waals surface area contributed by atoms with Crippen molar-refractivity contribution >= 4 is 5.82 Å². The van der Waals surface area contributed by atoms with Gasteiger partial charge in [-0.05, 0) is 36.9 Å². The molecule has 0 spiro atoms. The highest BCUT2D eigenvalue weighted by Gasteiger charge is 2.24. The summed E-state index contributed by atoms with van der Waals surface area (Å²) in [4.78, 5) is 6.82. The number of nitrogens with zero attached hydrogens (tertiary/aromatic N) is 2. The molecule has 1 aliphatic rings. The Morgan fingerprint density at radius 1 is 1.41 bits per heavy atom. The Bertz CT molecular complexity index is 345. The first-order valence-electron chi connectivity index (χ1n) is 6.62. The topological polar surface area (TPSA) is 42.1 Å². The summed E-state index contributed by atoms with van der Waals surface area (Å²) < 4.78 is 0. The molecule has 1 fully saturated rings. The molecule has 2 rings (SSSR count). The van der Waals surface area contributed by atoms with Gasteiger partial charge in [0.05, 0.1) is 0 Å². The summed E-state index contributed by atoms with van der Waals surface area (Å²) in [6.07, 6.45) is 5.84. The molecule has 3 heteroatoms. The maximum atomic E-state index is 5.65. The fourth-order valence-corrected chi connectivity index (χ4v) is 2.67. The van der Waals surface area contributed by atoms with E-state index in [0.29, 0.717) is 11.9 Å². The van der Waals surface area contributed by atoms with Crippen LogP contribution < -0.4 is 5.73 Å². The second kappa shape index (κ2) is 5.50. The lowest BCUT2D eigenvalue weighted by atomic mass is 9.95. The molecule has 3 nitrogen and oxygen atoms in total. The van der Waals surface area contributed by atoms with Crippen LogP contribution in [0.3, 0.4) is 0 Å². The largest absolute Gasteiger partial charge is 0.384 e. The molecule has 2 heterocycles. The van der Waals surface area contributed by atoms with Gasteiger partial charge in [-0.15, -0.1) is 0 Å². The van der Waals surface area contributed by atoms with Crippen molar-refractivity contribution in [1.82, 2.24) is 9.88 Å². The third-order valence-electron chi connectivity index (χ3n) is 3.41. The minimum atomic E-state index is 0.541. The van der Waals surface area contributed by atoms with Gasteiger partial charge in [-0.2, -0.15) is 0 Å². The quantitative estimate of drug-likeness (QED) is 0.873. The Labute approximate surface area is 104 Å². The lowest BCUT2D eigenvalue weighted by molar-refractivity contribution is 0.132. The van der Waals surface area contributed by atoms with Crippen LogP contribution in [0.15, 0.2) is 18.3 Å². The zero-order chi connectivity index (χ0) is 12.3. The van der Waals surface area contributed by atoms with Crippen LogP contribution in [0.5, 0.6) is 0 Å². The van der Waals surface area contributed by atoms with Crippen LogP contribution in [-0.2, 0) is 0 Å². The number of hydrogen-bond acceptors (Lipinski definition) is 3. The molecule has 1 atom stereocenters. The summed E-state index contributed by atoms with van der Waals surface area (Å²) in [6, 6.07) is 4.59. The summed E-state index contributed by atoms with van der Waals surface area (Å²) in [5.74, 6) is 1.33. The standard InChI is InChI=1S/C14H23N3/c1-11(2)10-17-8-4-3-5-13(17)12-6-7-14(15)16-9-12/h6-7,9,11,13H,3-5,8,10H2,1-2H3,(H2,15,16)/t13-/m0/s1. The van der Waals surface area contributed by atoms with E-state index in [9.17, 15) is 0 Å². The van der Waals surface area contributed by atoms with Crippen LogP contribution in [0.2, 0.25) is 0 Å². The number of rotatable bonds is 3. The van der Waals surface area contributed by atoms with Crippen molar-refractivity contribution in [2.24, 2.45) is 5.92 Å². The number of aromatic nitrogens is 1. The van der Waals surface area contributed by atoms with Gasteiger partial charge in [0.25, 0.3) is 0 Å². The number of nitrogens with two attached hydrogens (primary N) is 1. The summed E-state index contributed by atoms with van der Waals surface area (Å²) in [7, 11) is 0. The molecule has 94 valence electrons. The lowest BCUT2D eigenvalue weighted by Gasteiger charge is -2.37. The fourth-order valence-electron chi connectivity index (χ4n) is 2.67. The van der Waals surface area contributed by atoms with Crippen LogP contribution >= 0.6 is 0 Å². The molecule has 0 aromatic carbocycles. The molecule has 1 aromatic rings. The van der Waals surface area contributed by atoms with Gasteiger partial charge in [-0.1, -0.05) is 26.3 Å². The van der Waals surface area contributed by atoms with Crippen molar-refractivity contribution in [1.29, 1.82) is 0 Å². The Morgan fingerprint density at radius 3 is 2.88 bits per heavy atom. The van der Waals surface area contributed by atoms with E-state index in [0.717, 1.165) is 5.92 Å². The van der Waals surface area contributed by atoms with Gasteiger partial charge in [0, 0.05) is 18.8 Å². The summed E-state index contributed by atoms with van der Waals surface area (Å²) in [6.45, 7) is 6.96. The molecule has 1 aliphatic heterocycles. The van der Waals surface area contributed by atoms with E-state index >= 15 is 0 Å². The highest BCUT2D eigenvalue weighted by molar-refractivity contribution is 5.30. The normalized spacial score (nSPS) is 21.9. The predicted octanol–water partition coefficient (Wildman–Crippen LogP) is 2.85. The minimum Gasteiger partial charge on any atom is -0.384 e. The first-order chi connectivity index (χ1) is 8.16. The molecular formula is C14H23N3. The Morgan fingerprint density at radius 2 is 2.24 bits per heavy atom. The van der Waals surface area contributed by atoms with E-state index in [2.05, 4.69) is 29.8 Å². The molecule has 1 saturated heterocycles. The van der Waals surface area contributed by atoms with Gasteiger partial charge < -0.3 is 5.73 Å². The Balaban J connectivity index is 2.12. The summed E-state index contributed by atoms with van der Waals surface area (Å²) >= 11 is 0. The van der Waals surface area contributed by atoms with E-state index < -0.39 is 0 Å². The molecule has 0 radical (unpaired) electrons. The minimum absolute atomic E-state index is 0.541. The molecular weight excluding hydrogens is 210 g/mol. The Hall–Kier alpha value is -1.09. The maximum Gasteiger partial charge on any atom is 0.123 e. The van der Waals surface area contributed by atoms with E-state index in [1.165, 1.54) is 37.9 Å². The van der Waals surface area contributed by atoms with Gasteiger partial charge in [0.15, 0.2) is 0 Å².